The fourth-order valence-corrected chi connectivity index (χ4v) is 2.16. The molecule has 0 atom stereocenters. The minimum Gasteiger partial charge on any atom is -0.744 e. The summed E-state index contributed by atoms with van der Waals surface area (Å²) in [6, 6.07) is 8.79. The Morgan fingerprint density at radius 3 is 0.806 bits per heavy atom. The van der Waals surface area contributed by atoms with Crippen LogP contribution >= 0.6 is 0 Å². The van der Waals surface area contributed by atoms with E-state index >= 15 is 0 Å². The molecule has 0 heterocycles. The molecule has 0 aliphatic carbocycles. The molecule has 0 unspecified atom stereocenters. The van der Waals surface area contributed by atoms with E-state index in [1.54, 1.807) is 0 Å². The van der Waals surface area contributed by atoms with Crippen LogP contribution in [0.4, 0.5) is 0 Å². The van der Waals surface area contributed by atoms with E-state index in [-0.39, 0.29) is 84.6 Å². The van der Waals surface area contributed by atoms with Crippen molar-refractivity contribution in [3.8, 4) is 11.5 Å². The van der Waals surface area contributed by atoms with Crippen molar-refractivity contribution in [1.29, 1.82) is 0 Å². The van der Waals surface area contributed by atoms with Crippen LogP contribution in [0.15, 0.2) is 58.3 Å². The molecule has 16 nitrogen and oxygen atoms in total. The fourth-order valence-electron chi connectivity index (χ4n) is 1.23. The average Bonchev–Trinajstić information content (AvgIpc) is 2.38. The Bertz CT molecular complexity index is 764. The standard InChI is InChI=1S/2C6H6O4S.8H2O.Zn/c2*7-5-1-3-6(4-2-5)11(8,9)10;;;;;;;;;/h2*1-4,7H,(H,8,9,10);8*1H2;/q;;;;;;;;;;+2/p+4. The zero-order chi connectivity index (χ0) is 17.0. The Morgan fingerprint density at radius 2 is 0.677 bits per heavy atom. The van der Waals surface area contributed by atoms with E-state index in [2.05, 4.69) is 0 Å². The molecular formula is C12H32O16S2Zn+6. The van der Waals surface area contributed by atoms with Gasteiger partial charge in [-0.2, -0.15) is 0 Å². The average molecular weight is 562 g/mol. The van der Waals surface area contributed by atoms with Crippen LogP contribution in [0.2, 0.25) is 0 Å². The number of hydrogen-bond donors (Lipinski definition) is 2. The Labute approximate surface area is 189 Å². The number of hydrogen-bond acceptors (Lipinski definition) is 8. The van der Waals surface area contributed by atoms with Crippen molar-refractivity contribution in [1.82, 2.24) is 0 Å². The fraction of sp³-hybridized carbons (Fsp3) is 0. The van der Waals surface area contributed by atoms with Gasteiger partial charge in [-0.15, -0.1) is 0 Å². The molecule has 0 aromatic heterocycles. The molecule has 184 valence electrons. The third-order valence-electron chi connectivity index (χ3n) is 2.25. The summed E-state index contributed by atoms with van der Waals surface area (Å²) in [4.78, 5) is -0.675. The largest absolute Gasteiger partial charge is 2.00 e. The van der Waals surface area contributed by atoms with E-state index in [1.165, 1.54) is 0 Å². The maximum atomic E-state index is 10.3. The monoisotopic (exact) mass is 560 g/mol. The summed E-state index contributed by atoms with van der Waals surface area (Å²) in [6.45, 7) is 0. The molecule has 0 saturated heterocycles. The molecule has 19 heteroatoms. The molecule has 0 spiro atoms. The van der Waals surface area contributed by atoms with Crippen molar-refractivity contribution in [3.63, 3.8) is 0 Å². The minimum atomic E-state index is -4.38. The third-order valence-corrected chi connectivity index (χ3v) is 3.95. The van der Waals surface area contributed by atoms with Gasteiger partial charge < -0.3 is 63.1 Å². The summed E-state index contributed by atoms with van der Waals surface area (Å²) in [5.74, 6) is -0.144. The van der Waals surface area contributed by atoms with Crippen molar-refractivity contribution in [2.24, 2.45) is 0 Å². The molecule has 0 amide bonds. The normalized spacial score (nSPS) is 8.06. The van der Waals surface area contributed by atoms with Gasteiger partial charge in [0.25, 0.3) is 0 Å². The van der Waals surface area contributed by atoms with Crippen LogP contribution in [0.5, 0.6) is 11.5 Å². The van der Waals surface area contributed by atoms with E-state index < -0.39 is 20.2 Å². The predicted octanol–water partition coefficient (Wildman–Crippen LogP) is -6.59. The maximum absolute atomic E-state index is 10.3. The van der Waals surface area contributed by atoms with Crippen molar-refractivity contribution >= 4 is 20.2 Å². The van der Waals surface area contributed by atoms with E-state index in [9.17, 15) is 25.9 Å². The molecule has 0 radical (unpaired) electrons. The first-order chi connectivity index (χ1) is 10.00. The van der Waals surface area contributed by atoms with Crippen LogP contribution in [0.25, 0.3) is 0 Å². The maximum Gasteiger partial charge on any atom is 2.00 e. The summed E-state index contributed by atoms with van der Waals surface area (Å²) in [6.07, 6.45) is 0. The number of rotatable bonds is 2. The first-order valence-electron chi connectivity index (χ1n) is 5.50. The summed E-state index contributed by atoms with van der Waals surface area (Å²) in [5.41, 5.74) is 0. The third kappa shape index (κ3) is 21.2. The van der Waals surface area contributed by atoms with Crippen LogP contribution < -0.4 is 0 Å². The Kier molecular flexibility index (Phi) is 41.9. The SMILES string of the molecule is O.O.O=S(=O)([O-])c1ccc(O)cc1.O=S(=O)([O-])c1ccc(O)cc1.[OH3+].[OH3+].[OH3+].[OH3+].[OH3+].[OH3+].[Zn+2]. The van der Waals surface area contributed by atoms with Crippen molar-refractivity contribution in [2.75, 3.05) is 0 Å². The number of aromatic hydroxyl groups is 2. The first kappa shape index (κ1) is 56.9. The molecule has 2 rings (SSSR count). The van der Waals surface area contributed by atoms with Crippen molar-refractivity contribution in [2.45, 2.75) is 9.79 Å². The summed E-state index contributed by atoms with van der Waals surface area (Å²) in [7, 11) is -8.76. The zero-order valence-corrected chi connectivity index (χ0v) is 20.6. The number of benzene rings is 2. The van der Waals surface area contributed by atoms with E-state index in [4.69, 9.17) is 10.2 Å². The molecular weight excluding hydrogens is 530 g/mol. The van der Waals surface area contributed by atoms with Gasteiger partial charge in [0.1, 0.15) is 31.7 Å². The van der Waals surface area contributed by atoms with Gasteiger partial charge in [-0.25, -0.2) is 16.8 Å². The minimum absolute atomic E-state index is 0. The summed E-state index contributed by atoms with van der Waals surface area (Å²) < 4.78 is 61.8. The first-order valence-corrected chi connectivity index (χ1v) is 8.31. The molecule has 0 fully saturated rings. The molecule has 31 heavy (non-hydrogen) atoms. The van der Waals surface area contributed by atoms with Gasteiger partial charge >= 0.3 is 19.5 Å². The Hall–Kier alpha value is -1.84. The topological polar surface area (TPSA) is 416 Å². The molecule has 2 aromatic rings. The Balaban J connectivity index is -0.0000000346. The van der Waals surface area contributed by atoms with Crippen LogP contribution in [-0.2, 0) is 72.6 Å². The number of phenolic OH excluding ortho intramolecular Hbond substituents is 2. The zero-order valence-electron chi connectivity index (χ0n) is 16.0. The van der Waals surface area contributed by atoms with Crippen LogP contribution in [0, 0.1) is 0 Å². The summed E-state index contributed by atoms with van der Waals surface area (Å²) in [5, 5.41) is 17.5. The molecule has 0 bridgehead atoms. The molecule has 0 aliphatic heterocycles. The Morgan fingerprint density at radius 1 is 0.516 bits per heavy atom. The molecule has 2 aromatic carbocycles. The van der Waals surface area contributed by atoms with E-state index in [0.717, 1.165) is 48.5 Å². The molecule has 0 saturated carbocycles. The van der Waals surface area contributed by atoms with Crippen molar-refractivity contribution < 1.29 is 99.4 Å². The van der Waals surface area contributed by atoms with E-state index in [0.29, 0.717) is 0 Å². The summed E-state index contributed by atoms with van der Waals surface area (Å²) >= 11 is 0. The van der Waals surface area contributed by atoms with Gasteiger partial charge in [0, 0.05) is 0 Å². The second kappa shape index (κ2) is 22.8. The van der Waals surface area contributed by atoms with E-state index in [1.807, 2.05) is 0 Å². The van der Waals surface area contributed by atoms with Gasteiger partial charge in [-0.3, -0.25) is 0 Å². The molecule has 0 aliphatic rings. The van der Waals surface area contributed by atoms with Gasteiger partial charge in [-0.1, -0.05) is 0 Å². The number of phenols is 2. The predicted molar refractivity (Wildman–Crippen MR) is 109 cm³/mol. The second-order valence-corrected chi connectivity index (χ2v) is 6.66. The van der Waals surface area contributed by atoms with Gasteiger partial charge in [0.05, 0.1) is 9.79 Å². The van der Waals surface area contributed by atoms with Gasteiger partial charge in [-0.05, 0) is 48.5 Å². The van der Waals surface area contributed by atoms with Crippen LogP contribution in [0.3, 0.4) is 0 Å². The van der Waals surface area contributed by atoms with Gasteiger partial charge in [0.15, 0.2) is 0 Å². The van der Waals surface area contributed by atoms with Gasteiger partial charge in [0.2, 0.25) is 0 Å². The van der Waals surface area contributed by atoms with Crippen molar-refractivity contribution in [3.05, 3.63) is 48.5 Å². The van der Waals surface area contributed by atoms with Crippen LogP contribution in [0.1, 0.15) is 0 Å². The quantitative estimate of drug-likeness (QED) is 0.201. The smallest absolute Gasteiger partial charge is 0.744 e. The van der Waals surface area contributed by atoms with Crippen LogP contribution in [-0.4, -0.2) is 47.1 Å². The molecule has 24 N–H and O–H groups in total. The second-order valence-electron chi connectivity index (χ2n) is 3.90.